The van der Waals surface area contributed by atoms with Gasteiger partial charge in [0, 0.05) is 25.4 Å². The number of carbonyl (C=O) groups excluding carboxylic acids is 2. The minimum atomic E-state index is -0.775. The van der Waals surface area contributed by atoms with Crippen LogP contribution in [0.4, 0.5) is 4.79 Å². The van der Waals surface area contributed by atoms with Crippen molar-refractivity contribution in [1.29, 1.82) is 0 Å². The van der Waals surface area contributed by atoms with Gasteiger partial charge in [-0.2, -0.15) is 0 Å². The molecule has 0 aromatic heterocycles. The lowest BCUT2D eigenvalue weighted by molar-refractivity contribution is -0.137. The Balaban J connectivity index is 1.39. The van der Waals surface area contributed by atoms with Gasteiger partial charge in [-0.05, 0) is 41.5 Å². The number of aliphatic carboxylic acids is 1. The molecule has 1 aliphatic carbocycles. The zero-order chi connectivity index (χ0) is 24.3. The number of nitrogens with one attached hydrogen (secondary N) is 2. The molecule has 1 aliphatic rings. The van der Waals surface area contributed by atoms with Gasteiger partial charge in [0.25, 0.3) is 0 Å². The van der Waals surface area contributed by atoms with E-state index in [9.17, 15) is 14.4 Å². The van der Waals surface area contributed by atoms with E-state index < -0.39 is 12.1 Å². The number of ether oxygens (including phenoxy) is 1. The second-order valence-electron chi connectivity index (χ2n) is 8.66. The number of carboxylic acid groups (broad SMARTS) is 1. The number of benzene rings is 2. The minimum absolute atomic E-state index is 0.00100. The summed E-state index contributed by atoms with van der Waals surface area (Å²) < 4.78 is 5.54. The van der Waals surface area contributed by atoms with Crippen LogP contribution in [0.5, 0.6) is 0 Å². The maximum absolute atomic E-state index is 12.4. The molecule has 0 aliphatic heterocycles. The number of unbranched alkanes of at least 4 members (excludes halogenated alkanes) is 3. The lowest BCUT2D eigenvalue weighted by Crippen LogP contribution is -2.39. The first-order chi connectivity index (χ1) is 16.5. The summed E-state index contributed by atoms with van der Waals surface area (Å²) in [7, 11) is 0. The van der Waals surface area contributed by atoms with Crippen molar-refractivity contribution in [2.75, 3.05) is 19.7 Å². The lowest BCUT2D eigenvalue weighted by atomic mass is 9.98. The van der Waals surface area contributed by atoms with E-state index in [1.807, 2.05) is 31.2 Å². The molecule has 182 valence electrons. The van der Waals surface area contributed by atoms with Crippen molar-refractivity contribution in [1.82, 2.24) is 10.6 Å². The second-order valence-corrected chi connectivity index (χ2v) is 8.66. The van der Waals surface area contributed by atoms with E-state index in [0.717, 1.165) is 30.4 Å². The molecule has 3 N–H and O–H groups in total. The zero-order valence-electron chi connectivity index (χ0n) is 19.7. The molecule has 0 saturated heterocycles. The Morgan fingerprint density at radius 2 is 1.53 bits per heavy atom. The van der Waals surface area contributed by atoms with Gasteiger partial charge >= 0.3 is 12.1 Å². The Bertz CT molecular complexity index is 945. The van der Waals surface area contributed by atoms with Gasteiger partial charge in [-0.25, -0.2) is 4.79 Å². The summed E-state index contributed by atoms with van der Waals surface area (Å²) in [5.74, 6) is -1.19. The van der Waals surface area contributed by atoms with Crippen LogP contribution in [-0.4, -0.2) is 42.8 Å². The summed E-state index contributed by atoms with van der Waals surface area (Å²) in [6, 6.07) is 16.4. The quantitative estimate of drug-likeness (QED) is 0.371. The van der Waals surface area contributed by atoms with Crippen molar-refractivity contribution < 1.29 is 24.2 Å². The maximum atomic E-state index is 12.4. The third-order valence-corrected chi connectivity index (χ3v) is 6.32. The van der Waals surface area contributed by atoms with Crippen molar-refractivity contribution in [3.05, 3.63) is 59.7 Å². The molecule has 0 bridgehead atoms. The average molecular weight is 467 g/mol. The van der Waals surface area contributed by atoms with Crippen molar-refractivity contribution in [2.24, 2.45) is 5.92 Å². The van der Waals surface area contributed by atoms with Gasteiger partial charge in [0.05, 0.1) is 5.92 Å². The normalized spacial score (nSPS) is 13.0. The van der Waals surface area contributed by atoms with Crippen LogP contribution in [0.1, 0.15) is 62.5 Å². The van der Waals surface area contributed by atoms with Gasteiger partial charge in [-0.3, -0.25) is 9.59 Å². The molecule has 7 nitrogen and oxygen atoms in total. The third-order valence-electron chi connectivity index (χ3n) is 6.32. The number of rotatable bonds is 13. The molecular weight excluding hydrogens is 432 g/mol. The van der Waals surface area contributed by atoms with Gasteiger partial charge in [-0.15, -0.1) is 0 Å². The molecule has 7 heteroatoms. The van der Waals surface area contributed by atoms with Crippen LogP contribution in [0.15, 0.2) is 48.5 Å². The van der Waals surface area contributed by atoms with Crippen LogP contribution in [0, 0.1) is 5.92 Å². The van der Waals surface area contributed by atoms with E-state index in [1.165, 1.54) is 11.1 Å². The van der Waals surface area contributed by atoms with E-state index in [1.54, 1.807) is 0 Å². The highest BCUT2D eigenvalue weighted by Gasteiger charge is 2.29. The fourth-order valence-electron chi connectivity index (χ4n) is 4.39. The van der Waals surface area contributed by atoms with Gasteiger partial charge in [-0.1, -0.05) is 68.3 Å². The third kappa shape index (κ3) is 6.83. The monoisotopic (exact) mass is 466 g/mol. The van der Waals surface area contributed by atoms with E-state index in [2.05, 4.69) is 34.9 Å². The van der Waals surface area contributed by atoms with Crippen molar-refractivity contribution in [2.45, 2.75) is 51.4 Å². The van der Waals surface area contributed by atoms with E-state index in [0.29, 0.717) is 19.4 Å². The van der Waals surface area contributed by atoms with E-state index in [-0.39, 0.29) is 37.3 Å². The first-order valence-corrected chi connectivity index (χ1v) is 12.1. The smallest absolute Gasteiger partial charge is 0.407 e. The summed E-state index contributed by atoms with van der Waals surface area (Å²) in [6.45, 7) is 2.92. The van der Waals surface area contributed by atoms with Crippen LogP contribution in [-0.2, 0) is 14.3 Å². The van der Waals surface area contributed by atoms with Crippen LogP contribution < -0.4 is 10.6 Å². The molecule has 1 unspecified atom stereocenters. The summed E-state index contributed by atoms with van der Waals surface area (Å²) in [6.07, 6.45) is 3.45. The Morgan fingerprint density at radius 1 is 0.912 bits per heavy atom. The Labute approximate surface area is 200 Å². The number of fused-ring (bicyclic) bond motifs is 3. The van der Waals surface area contributed by atoms with Crippen LogP contribution in [0.25, 0.3) is 11.1 Å². The molecule has 2 amide bonds. The second kappa shape index (κ2) is 12.8. The molecule has 3 rings (SSSR count). The summed E-state index contributed by atoms with van der Waals surface area (Å²) in [4.78, 5) is 35.3. The molecule has 0 fully saturated rings. The molecule has 1 atom stereocenters. The molecule has 34 heavy (non-hydrogen) atoms. The predicted octanol–water partition coefficient (Wildman–Crippen LogP) is 4.70. The number of alkyl carbamates (subject to hydrolysis) is 1. The molecule has 2 aromatic carbocycles. The number of hydrogen-bond donors (Lipinski definition) is 3. The van der Waals surface area contributed by atoms with Gasteiger partial charge in [0.15, 0.2) is 0 Å². The molecular formula is C27H34N2O5. The van der Waals surface area contributed by atoms with Gasteiger partial charge < -0.3 is 20.5 Å². The van der Waals surface area contributed by atoms with E-state index in [4.69, 9.17) is 9.84 Å². The number of hydrogen-bond acceptors (Lipinski definition) is 4. The molecule has 0 spiro atoms. The van der Waals surface area contributed by atoms with Crippen molar-refractivity contribution >= 4 is 18.0 Å². The van der Waals surface area contributed by atoms with Gasteiger partial charge in [0.1, 0.15) is 6.61 Å². The van der Waals surface area contributed by atoms with Crippen LogP contribution in [0.2, 0.25) is 0 Å². The van der Waals surface area contributed by atoms with Crippen LogP contribution >= 0.6 is 0 Å². The standard InChI is InChI=1S/C27H34N2O5/c1-2-19(26(32)28-16-10-4-3-5-15-25(30)31)17-29-27(33)34-18-24-22-13-8-6-11-20(22)21-12-7-9-14-23(21)24/h6-9,11-14,19,24H,2-5,10,15-18H2,1H3,(H,28,32)(H,29,33)(H,30,31). The number of amides is 2. The summed E-state index contributed by atoms with van der Waals surface area (Å²) in [5.41, 5.74) is 4.67. The van der Waals surface area contributed by atoms with E-state index >= 15 is 0 Å². The summed E-state index contributed by atoms with van der Waals surface area (Å²) >= 11 is 0. The predicted molar refractivity (Wildman–Crippen MR) is 131 cm³/mol. The fraction of sp³-hybridized carbons (Fsp3) is 0.444. The minimum Gasteiger partial charge on any atom is -0.481 e. The van der Waals surface area contributed by atoms with Crippen LogP contribution in [0.3, 0.4) is 0 Å². The topological polar surface area (TPSA) is 105 Å². The molecule has 0 radical (unpaired) electrons. The van der Waals surface area contributed by atoms with Crippen molar-refractivity contribution in [3.8, 4) is 11.1 Å². The first kappa shape index (κ1) is 25.3. The zero-order valence-corrected chi connectivity index (χ0v) is 19.7. The van der Waals surface area contributed by atoms with Gasteiger partial charge in [0.2, 0.25) is 5.91 Å². The average Bonchev–Trinajstić information content (AvgIpc) is 3.16. The number of carbonyl (C=O) groups is 3. The Morgan fingerprint density at radius 3 is 2.15 bits per heavy atom. The first-order valence-electron chi connectivity index (χ1n) is 12.1. The number of carboxylic acids is 1. The Kier molecular flexibility index (Phi) is 9.50. The highest BCUT2D eigenvalue weighted by Crippen LogP contribution is 2.44. The fourth-order valence-corrected chi connectivity index (χ4v) is 4.39. The SMILES string of the molecule is CCC(CNC(=O)OCC1c2ccccc2-c2ccccc21)C(=O)NCCCCCCC(=O)O. The molecule has 0 heterocycles. The highest BCUT2D eigenvalue weighted by molar-refractivity contribution is 5.80. The lowest BCUT2D eigenvalue weighted by Gasteiger charge is -2.17. The largest absolute Gasteiger partial charge is 0.481 e. The highest BCUT2D eigenvalue weighted by atomic mass is 16.5. The maximum Gasteiger partial charge on any atom is 0.407 e. The van der Waals surface area contributed by atoms with Crippen molar-refractivity contribution in [3.63, 3.8) is 0 Å². The molecule has 0 saturated carbocycles. The Hall–Kier alpha value is -3.35. The summed E-state index contributed by atoms with van der Waals surface area (Å²) in [5, 5.41) is 14.3. The molecule has 2 aromatic rings.